The van der Waals surface area contributed by atoms with Crippen molar-refractivity contribution >= 4 is 28.4 Å². The maximum atomic E-state index is 11.9. The number of hydrogen-bond donors (Lipinski definition) is 1. The van der Waals surface area contributed by atoms with E-state index in [0.29, 0.717) is 39.1 Å². The van der Waals surface area contributed by atoms with Gasteiger partial charge in [0.15, 0.2) is 0 Å². The molecule has 1 heterocycles. The highest BCUT2D eigenvalue weighted by Crippen LogP contribution is 2.19. The van der Waals surface area contributed by atoms with Gasteiger partial charge in [-0.2, -0.15) is 0 Å². The summed E-state index contributed by atoms with van der Waals surface area (Å²) < 4.78 is 31.0. The Kier molecular flexibility index (Phi) is 9.35. The van der Waals surface area contributed by atoms with E-state index in [4.69, 9.17) is 9.84 Å². The van der Waals surface area contributed by atoms with E-state index in [1.54, 1.807) is 6.92 Å². The van der Waals surface area contributed by atoms with Gasteiger partial charge in [0, 0.05) is 25.7 Å². The predicted molar refractivity (Wildman–Crippen MR) is 102 cm³/mol. The first-order chi connectivity index (χ1) is 11.9. The number of ether oxygens (including phenoxy) is 1. The third-order valence-electron chi connectivity index (χ3n) is 4.43. The maximum Gasteiger partial charge on any atom is 0.317 e. The van der Waals surface area contributed by atoms with Crippen molar-refractivity contribution < 1.29 is 23.1 Å². The molecule has 0 spiro atoms. The fourth-order valence-corrected chi connectivity index (χ4v) is 4.16. The lowest BCUT2D eigenvalue weighted by atomic mass is 10.0. The number of piperidine rings is 1. The monoisotopic (exact) mass is 406 g/mol. The molecule has 1 aromatic carbocycles. The van der Waals surface area contributed by atoms with Gasteiger partial charge < -0.3 is 9.84 Å². The minimum atomic E-state index is -3.17. The molecule has 0 aliphatic carbocycles. The van der Waals surface area contributed by atoms with Crippen LogP contribution in [0.25, 0.3) is 0 Å². The summed E-state index contributed by atoms with van der Waals surface area (Å²) in [5.74, 6) is -0.0357. The lowest BCUT2D eigenvalue weighted by molar-refractivity contribution is -0.139. The lowest BCUT2D eigenvalue weighted by Gasteiger charge is -2.37. The van der Waals surface area contributed by atoms with Crippen LogP contribution in [0.1, 0.15) is 19.8 Å². The molecule has 1 N–H and O–H groups in total. The average molecular weight is 407 g/mol. The van der Waals surface area contributed by atoms with E-state index in [1.165, 1.54) is 4.31 Å². The summed E-state index contributed by atoms with van der Waals surface area (Å²) >= 11 is 0. The lowest BCUT2D eigenvalue weighted by Crippen LogP contribution is -2.49. The van der Waals surface area contributed by atoms with Crippen LogP contribution in [0.15, 0.2) is 30.3 Å². The van der Waals surface area contributed by atoms with Gasteiger partial charge >= 0.3 is 5.97 Å². The van der Waals surface area contributed by atoms with Crippen molar-refractivity contribution in [1.29, 1.82) is 0 Å². The summed E-state index contributed by atoms with van der Waals surface area (Å²) in [6.45, 7) is 3.34. The predicted octanol–water partition coefficient (Wildman–Crippen LogP) is 1.69. The number of para-hydroxylation sites is 1. The van der Waals surface area contributed by atoms with Crippen molar-refractivity contribution in [3.8, 4) is 5.75 Å². The number of hydrogen-bond acceptors (Lipinski definition) is 5. The standard InChI is InChI=1S/C17H26N2O5S.ClH/c1-2-25(22,23)19-10-8-15(9-11-19)18(14-17(20)21)12-13-24-16-6-4-3-5-7-16;/h3-7,15H,2,8-14H2,1H3,(H,20,21);1H. The number of nitrogens with zero attached hydrogens (tertiary/aromatic N) is 2. The van der Waals surface area contributed by atoms with E-state index in [1.807, 2.05) is 35.2 Å². The van der Waals surface area contributed by atoms with Crippen LogP contribution in [0.3, 0.4) is 0 Å². The fraction of sp³-hybridized carbons (Fsp3) is 0.588. The molecule has 0 aromatic heterocycles. The molecule has 2 rings (SSSR count). The second kappa shape index (κ2) is 10.7. The second-order valence-corrected chi connectivity index (χ2v) is 8.31. The average Bonchev–Trinajstić information content (AvgIpc) is 2.61. The molecule has 0 radical (unpaired) electrons. The molecule has 148 valence electrons. The third-order valence-corrected chi connectivity index (χ3v) is 6.31. The number of halogens is 1. The maximum absolute atomic E-state index is 11.9. The number of aliphatic carboxylic acids is 1. The summed E-state index contributed by atoms with van der Waals surface area (Å²) in [5.41, 5.74) is 0. The zero-order chi connectivity index (χ0) is 18.3. The van der Waals surface area contributed by atoms with Crippen molar-refractivity contribution in [3.63, 3.8) is 0 Å². The number of carbonyl (C=O) groups is 1. The van der Waals surface area contributed by atoms with Crippen LogP contribution in [0.2, 0.25) is 0 Å². The fourth-order valence-electron chi connectivity index (χ4n) is 3.03. The molecular weight excluding hydrogens is 380 g/mol. The van der Waals surface area contributed by atoms with Gasteiger partial charge in [-0.3, -0.25) is 9.69 Å². The first-order valence-corrected chi connectivity index (χ1v) is 10.1. The van der Waals surface area contributed by atoms with Crippen molar-refractivity contribution in [2.75, 3.05) is 38.5 Å². The summed E-state index contributed by atoms with van der Waals surface area (Å²) in [6, 6.07) is 9.44. The minimum Gasteiger partial charge on any atom is -0.492 e. The molecular formula is C17H27ClN2O5S. The first kappa shape index (κ1) is 22.7. The minimum absolute atomic E-state index is 0. The van der Waals surface area contributed by atoms with E-state index < -0.39 is 16.0 Å². The number of carboxylic acids is 1. The van der Waals surface area contributed by atoms with Crippen molar-refractivity contribution in [2.45, 2.75) is 25.8 Å². The van der Waals surface area contributed by atoms with E-state index in [2.05, 4.69) is 0 Å². The van der Waals surface area contributed by atoms with Crippen molar-refractivity contribution in [2.24, 2.45) is 0 Å². The topological polar surface area (TPSA) is 87.2 Å². The largest absolute Gasteiger partial charge is 0.492 e. The zero-order valence-corrected chi connectivity index (χ0v) is 16.5. The molecule has 1 aliphatic rings. The van der Waals surface area contributed by atoms with Gasteiger partial charge in [-0.15, -0.1) is 12.4 Å². The molecule has 1 fully saturated rings. The molecule has 0 atom stereocenters. The molecule has 0 amide bonds. The Labute approximate surface area is 161 Å². The van der Waals surface area contributed by atoms with Crippen LogP contribution in [0, 0.1) is 0 Å². The highest BCUT2D eigenvalue weighted by atomic mass is 35.5. The van der Waals surface area contributed by atoms with Gasteiger partial charge in [-0.25, -0.2) is 12.7 Å². The van der Waals surface area contributed by atoms with E-state index in [0.717, 1.165) is 5.75 Å². The number of rotatable bonds is 9. The summed E-state index contributed by atoms with van der Waals surface area (Å²) in [4.78, 5) is 13.0. The second-order valence-electron chi connectivity index (χ2n) is 6.06. The molecule has 0 bridgehead atoms. The van der Waals surface area contributed by atoms with E-state index in [9.17, 15) is 13.2 Å². The Bertz CT molecular complexity index is 648. The van der Waals surface area contributed by atoms with Crippen molar-refractivity contribution in [3.05, 3.63) is 30.3 Å². The van der Waals surface area contributed by atoms with Crippen LogP contribution in [0.5, 0.6) is 5.75 Å². The Hall–Kier alpha value is -1.35. The summed E-state index contributed by atoms with van der Waals surface area (Å²) in [5, 5.41) is 9.16. The van der Waals surface area contributed by atoms with Gasteiger partial charge in [-0.05, 0) is 31.9 Å². The molecule has 1 saturated heterocycles. The Balaban J connectivity index is 0.00000338. The van der Waals surface area contributed by atoms with Crippen LogP contribution >= 0.6 is 12.4 Å². The van der Waals surface area contributed by atoms with Crippen molar-refractivity contribution in [1.82, 2.24) is 9.21 Å². The molecule has 26 heavy (non-hydrogen) atoms. The van der Waals surface area contributed by atoms with E-state index >= 15 is 0 Å². The summed E-state index contributed by atoms with van der Waals surface area (Å²) in [6.07, 6.45) is 1.27. The van der Waals surface area contributed by atoms with Gasteiger partial charge in [-0.1, -0.05) is 18.2 Å². The molecule has 0 unspecified atom stereocenters. The highest BCUT2D eigenvalue weighted by Gasteiger charge is 2.30. The molecule has 1 aliphatic heterocycles. The highest BCUT2D eigenvalue weighted by molar-refractivity contribution is 7.89. The van der Waals surface area contributed by atoms with Gasteiger partial charge in [0.25, 0.3) is 0 Å². The first-order valence-electron chi connectivity index (χ1n) is 8.54. The number of carboxylic acid groups (broad SMARTS) is 1. The van der Waals surface area contributed by atoms with Crippen LogP contribution in [0.4, 0.5) is 0 Å². The van der Waals surface area contributed by atoms with E-state index in [-0.39, 0.29) is 30.7 Å². The zero-order valence-electron chi connectivity index (χ0n) is 14.9. The van der Waals surface area contributed by atoms with Gasteiger partial charge in [0.05, 0.1) is 12.3 Å². The summed E-state index contributed by atoms with van der Waals surface area (Å²) in [7, 11) is -3.17. The van der Waals surface area contributed by atoms with Crippen LogP contribution < -0.4 is 4.74 Å². The molecule has 1 aromatic rings. The molecule has 9 heteroatoms. The molecule has 0 saturated carbocycles. The Morgan fingerprint density at radius 1 is 1.27 bits per heavy atom. The SMILES string of the molecule is CCS(=O)(=O)N1CCC(N(CCOc2ccccc2)CC(=O)O)CC1.Cl. The van der Waals surface area contributed by atoms with Crippen LogP contribution in [-0.2, 0) is 14.8 Å². The van der Waals surface area contributed by atoms with Gasteiger partial charge in [0.2, 0.25) is 10.0 Å². The third kappa shape index (κ3) is 6.75. The van der Waals surface area contributed by atoms with Crippen LogP contribution in [-0.4, -0.2) is 73.3 Å². The Morgan fingerprint density at radius 3 is 2.42 bits per heavy atom. The number of sulfonamides is 1. The molecule has 7 nitrogen and oxygen atoms in total. The van der Waals surface area contributed by atoms with Gasteiger partial charge in [0.1, 0.15) is 12.4 Å². The quantitative estimate of drug-likeness (QED) is 0.671. The Morgan fingerprint density at radius 2 is 1.88 bits per heavy atom. The normalized spacial score (nSPS) is 16.2. The number of benzene rings is 1. The smallest absolute Gasteiger partial charge is 0.317 e.